The highest BCUT2D eigenvalue weighted by Crippen LogP contribution is 2.25. The lowest BCUT2D eigenvalue weighted by Gasteiger charge is -2.15. The molecule has 0 saturated heterocycles. The number of fused-ring (bicyclic) bond motifs is 1. The van der Waals surface area contributed by atoms with Gasteiger partial charge in [0.15, 0.2) is 0 Å². The second kappa shape index (κ2) is 7.18. The van der Waals surface area contributed by atoms with Gasteiger partial charge in [0.1, 0.15) is 0 Å². The van der Waals surface area contributed by atoms with Crippen LogP contribution in [0.15, 0.2) is 28.2 Å². The average molecular weight is 413 g/mol. The van der Waals surface area contributed by atoms with Crippen LogP contribution in [0.25, 0.3) is 0 Å². The van der Waals surface area contributed by atoms with Crippen molar-refractivity contribution >= 4 is 75.2 Å². The van der Waals surface area contributed by atoms with E-state index in [0.29, 0.717) is 15.7 Å². The number of urea groups is 1. The van der Waals surface area contributed by atoms with Crippen LogP contribution in [0.5, 0.6) is 0 Å². The van der Waals surface area contributed by atoms with Crippen LogP contribution in [0, 0.1) is 0 Å². The molecule has 134 valence electrons. The van der Waals surface area contributed by atoms with Crippen molar-refractivity contribution in [2.24, 2.45) is 9.98 Å². The molecule has 3 rings (SSSR count). The standard InChI is InChI=1S/C15H11Cl2N5O3S/c1-21-12-11(13(24)22(2)15(21)25)19-14(20-12)26-6-10(23)18-9-4-3-7(16)5-8(9)17/h3-5H,6H2,1-2H3/p+1. The van der Waals surface area contributed by atoms with Gasteiger partial charge >= 0.3 is 17.8 Å². The Hall–Kier alpha value is -2.23. The Kier molecular flexibility index (Phi) is 5.12. The van der Waals surface area contributed by atoms with Crippen LogP contribution in [0.1, 0.15) is 0 Å². The van der Waals surface area contributed by atoms with Gasteiger partial charge in [0.05, 0.1) is 30.6 Å². The van der Waals surface area contributed by atoms with Crippen molar-refractivity contribution in [1.82, 2.24) is 4.90 Å². The summed E-state index contributed by atoms with van der Waals surface area (Å²) >= 11 is 12.9. The van der Waals surface area contributed by atoms with Crippen LogP contribution in [-0.4, -0.2) is 63.9 Å². The smallest absolute Gasteiger partial charge is 0.324 e. The van der Waals surface area contributed by atoms with Crippen LogP contribution >= 0.6 is 35.0 Å². The molecule has 0 atom stereocenters. The van der Waals surface area contributed by atoms with E-state index in [1.807, 2.05) is 0 Å². The molecule has 1 aromatic rings. The van der Waals surface area contributed by atoms with Gasteiger partial charge in [-0.2, -0.15) is 14.5 Å². The normalized spacial score (nSPS) is 16.5. The predicted molar refractivity (Wildman–Crippen MR) is 102 cm³/mol. The molecule has 26 heavy (non-hydrogen) atoms. The quantitative estimate of drug-likeness (QED) is 0.769. The van der Waals surface area contributed by atoms with Gasteiger partial charge in [-0.3, -0.25) is 4.79 Å². The molecular formula is C15H12Cl2N5O3S+. The van der Waals surface area contributed by atoms with Crippen molar-refractivity contribution in [3.05, 3.63) is 28.2 Å². The lowest BCUT2D eigenvalue weighted by atomic mass is 10.2. The molecule has 0 aliphatic carbocycles. The number of amidine groups is 2. The van der Waals surface area contributed by atoms with Gasteiger partial charge in [0, 0.05) is 5.02 Å². The predicted octanol–water partition coefficient (Wildman–Crippen LogP) is 2.11. The Morgan fingerprint density at radius 2 is 2.04 bits per heavy atom. The first-order valence-corrected chi connectivity index (χ1v) is 9.00. The summed E-state index contributed by atoms with van der Waals surface area (Å²) in [5.41, 5.74) is 0.518. The number of anilines is 1. The number of nitrogens with zero attached hydrogens (tertiary/aromatic N) is 4. The molecule has 0 unspecified atom stereocenters. The molecule has 0 fully saturated rings. The largest absolute Gasteiger partial charge is 0.446 e. The highest BCUT2D eigenvalue weighted by molar-refractivity contribution is 8.14. The first-order valence-electron chi connectivity index (χ1n) is 7.26. The molecule has 1 N–H and O–H groups in total. The molecule has 2 heterocycles. The molecule has 8 nitrogen and oxygen atoms in total. The second-order valence-electron chi connectivity index (χ2n) is 5.35. The van der Waals surface area contributed by atoms with E-state index in [0.717, 1.165) is 16.7 Å². The van der Waals surface area contributed by atoms with Gasteiger partial charge in [-0.1, -0.05) is 40.0 Å². The SMILES string of the molecule is CN1C(=O)C2=NC(SCC(=O)Nc3ccc(Cl)cc3Cl)=NC2=[N+](C)C1=O. The van der Waals surface area contributed by atoms with E-state index in [9.17, 15) is 14.4 Å². The highest BCUT2D eigenvalue weighted by Gasteiger charge is 2.44. The van der Waals surface area contributed by atoms with Crippen molar-refractivity contribution in [2.75, 3.05) is 25.2 Å². The number of imide groups is 1. The number of benzene rings is 1. The zero-order valence-electron chi connectivity index (χ0n) is 13.6. The van der Waals surface area contributed by atoms with Crippen LogP contribution < -0.4 is 5.32 Å². The Labute approximate surface area is 162 Å². The van der Waals surface area contributed by atoms with Crippen molar-refractivity contribution in [3.8, 4) is 0 Å². The summed E-state index contributed by atoms with van der Waals surface area (Å²) in [7, 11) is 2.87. The van der Waals surface area contributed by atoms with Crippen molar-refractivity contribution in [2.45, 2.75) is 0 Å². The van der Waals surface area contributed by atoms with Crippen LogP contribution in [0.4, 0.5) is 10.5 Å². The summed E-state index contributed by atoms with van der Waals surface area (Å²) in [6.07, 6.45) is 0. The highest BCUT2D eigenvalue weighted by atomic mass is 35.5. The number of amides is 4. The Morgan fingerprint density at radius 3 is 2.73 bits per heavy atom. The number of thioether (sulfide) groups is 1. The summed E-state index contributed by atoms with van der Waals surface area (Å²) in [4.78, 5) is 45.3. The van der Waals surface area contributed by atoms with E-state index >= 15 is 0 Å². The van der Waals surface area contributed by atoms with Crippen LogP contribution in [0.2, 0.25) is 10.0 Å². The van der Waals surface area contributed by atoms with Gasteiger partial charge in [0.25, 0.3) is 5.17 Å². The van der Waals surface area contributed by atoms with E-state index < -0.39 is 11.9 Å². The maximum atomic E-state index is 12.1. The molecular weight excluding hydrogens is 401 g/mol. The fraction of sp³-hybridized carbons (Fsp3) is 0.200. The first-order chi connectivity index (χ1) is 12.3. The number of aliphatic imine (C=N–C) groups is 2. The third-order valence-corrected chi connectivity index (χ3v) is 4.95. The van der Waals surface area contributed by atoms with Crippen LogP contribution in [0.3, 0.4) is 0 Å². The van der Waals surface area contributed by atoms with E-state index in [4.69, 9.17) is 23.2 Å². The van der Waals surface area contributed by atoms with E-state index in [2.05, 4.69) is 15.3 Å². The van der Waals surface area contributed by atoms with Crippen LogP contribution in [-0.2, 0) is 9.59 Å². The minimum Gasteiger partial charge on any atom is -0.324 e. The molecule has 2 aliphatic rings. The number of hydrogen-bond acceptors (Lipinski definition) is 6. The number of carbonyl (C=O) groups excluding carboxylic acids is 3. The molecule has 0 spiro atoms. The lowest BCUT2D eigenvalue weighted by molar-refractivity contribution is -0.401. The summed E-state index contributed by atoms with van der Waals surface area (Å²) in [5, 5.41) is 3.68. The Balaban J connectivity index is 1.68. The van der Waals surface area contributed by atoms with Crippen molar-refractivity contribution in [1.29, 1.82) is 0 Å². The maximum Gasteiger partial charge on any atom is 0.446 e. The number of halogens is 2. The summed E-state index contributed by atoms with van der Waals surface area (Å²) in [5.74, 6) is -0.666. The summed E-state index contributed by atoms with van der Waals surface area (Å²) in [6.45, 7) is 0. The Bertz CT molecular complexity index is 941. The first kappa shape index (κ1) is 18.6. The zero-order valence-corrected chi connectivity index (χ0v) is 15.9. The topological polar surface area (TPSA) is 94.2 Å². The Morgan fingerprint density at radius 1 is 1.31 bits per heavy atom. The van der Waals surface area contributed by atoms with Gasteiger partial charge in [-0.15, -0.1) is 0 Å². The number of carbonyl (C=O) groups is 3. The summed E-state index contributed by atoms with van der Waals surface area (Å²) in [6, 6.07) is 4.24. The third kappa shape index (κ3) is 3.50. The maximum absolute atomic E-state index is 12.1. The van der Waals surface area contributed by atoms with Crippen molar-refractivity contribution < 1.29 is 19.0 Å². The third-order valence-electron chi connectivity index (χ3n) is 3.56. The minimum atomic E-state index is -0.528. The van der Waals surface area contributed by atoms with Gasteiger partial charge in [0.2, 0.25) is 11.6 Å². The molecule has 0 aromatic heterocycles. The van der Waals surface area contributed by atoms with Gasteiger partial charge in [-0.25, -0.2) is 9.59 Å². The second-order valence-corrected chi connectivity index (χ2v) is 7.13. The molecule has 0 saturated carbocycles. The number of hydrogen-bond donors (Lipinski definition) is 1. The zero-order chi connectivity index (χ0) is 19.0. The molecule has 11 heteroatoms. The van der Waals surface area contributed by atoms with E-state index in [-0.39, 0.29) is 28.4 Å². The van der Waals surface area contributed by atoms with Gasteiger partial charge < -0.3 is 5.32 Å². The van der Waals surface area contributed by atoms with E-state index in [1.165, 1.54) is 24.7 Å². The fourth-order valence-corrected chi connectivity index (χ4v) is 3.32. The van der Waals surface area contributed by atoms with Gasteiger partial charge in [-0.05, 0) is 18.2 Å². The van der Waals surface area contributed by atoms with E-state index in [1.54, 1.807) is 12.1 Å². The van der Waals surface area contributed by atoms with Crippen molar-refractivity contribution in [3.63, 3.8) is 0 Å². The fourth-order valence-electron chi connectivity index (χ4n) is 2.22. The lowest BCUT2D eigenvalue weighted by Crippen LogP contribution is -2.51. The average Bonchev–Trinajstić information content (AvgIpc) is 3.03. The molecule has 0 radical (unpaired) electrons. The number of nitrogens with one attached hydrogen (secondary N) is 1. The molecule has 4 amide bonds. The molecule has 1 aromatic carbocycles. The minimum absolute atomic E-state index is 0.00351. The monoisotopic (exact) mass is 412 g/mol. The number of rotatable bonds is 3. The molecule has 2 aliphatic heterocycles. The molecule has 0 bridgehead atoms. The summed E-state index contributed by atoms with van der Waals surface area (Å²) < 4.78 is 1.24.